The number of imidazole rings is 1. The summed E-state index contributed by atoms with van der Waals surface area (Å²) in [6, 6.07) is 0. The van der Waals surface area contributed by atoms with E-state index >= 15 is 0 Å². The van der Waals surface area contributed by atoms with Crippen molar-refractivity contribution in [3.05, 3.63) is 27.2 Å². The van der Waals surface area contributed by atoms with Crippen LogP contribution in [0.25, 0.3) is 11.2 Å². The summed E-state index contributed by atoms with van der Waals surface area (Å²) in [6.45, 7) is 5.27. The Kier molecular flexibility index (Phi) is 5.61. The van der Waals surface area contributed by atoms with E-state index in [1.165, 1.54) is 9.13 Å². The first-order chi connectivity index (χ1) is 10.5. The van der Waals surface area contributed by atoms with E-state index in [1.54, 1.807) is 13.4 Å². The second kappa shape index (κ2) is 7.26. The summed E-state index contributed by atoms with van der Waals surface area (Å²) in [5, 5.41) is 0. The van der Waals surface area contributed by atoms with Crippen molar-refractivity contribution in [2.75, 3.05) is 0 Å². The number of nitrogens with zero attached hydrogens (tertiary/aromatic N) is 4. The molecule has 0 aromatic carbocycles. The zero-order valence-corrected chi connectivity index (χ0v) is 15.0. The van der Waals surface area contributed by atoms with Crippen LogP contribution in [0.4, 0.5) is 0 Å². The molecule has 1 atom stereocenters. The van der Waals surface area contributed by atoms with Crippen LogP contribution in [0.5, 0.6) is 0 Å². The third-order valence-corrected chi connectivity index (χ3v) is 4.26. The molecule has 7 heteroatoms. The normalized spacial score (nSPS) is 12.9. The van der Waals surface area contributed by atoms with E-state index in [0.717, 1.165) is 32.2 Å². The van der Waals surface area contributed by atoms with Gasteiger partial charge in [0.05, 0.1) is 6.33 Å². The second-order valence-corrected chi connectivity index (χ2v) is 7.25. The Bertz CT molecular complexity index is 757. The molecule has 0 fully saturated rings. The zero-order valence-electron chi connectivity index (χ0n) is 13.4. The Morgan fingerprint density at radius 1 is 1.27 bits per heavy atom. The highest BCUT2D eigenvalue weighted by atomic mass is 79.9. The number of halogens is 1. The molecular weight excluding hydrogens is 348 g/mol. The first-order valence-corrected chi connectivity index (χ1v) is 8.67. The highest BCUT2D eigenvalue weighted by molar-refractivity contribution is 9.09. The van der Waals surface area contributed by atoms with Crippen molar-refractivity contribution in [2.24, 2.45) is 7.05 Å². The summed E-state index contributed by atoms with van der Waals surface area (Å²) in [6.07, 6.45) is 5.58. The Morgan fingerprint density at radius 2 is 2.00 bits per heavy atom. The Morgan fingerprint density at radius 3 is 2.64 bits per heavy atom. The first-order valence-electron chi connectivity index (χ1n) is 7.76. The van der Waals surface area contributed by atoms with E-state index in [4.69, 9.17) is 0 Å². The summed E-state index contributed by atoms with van der Waals surface area (Å²) in [7, 11) is 1.67. The van der Waals surface area contributed by atoms with Gasteiger partial charge in [0.15, 0.2) is 11.2 Å². The maximum Gasteiger partial charge on any atom is 0.332 e. The van der Waals surface area contributed by atoms with Crippen molar-refractivity contribution in [3.8, 4) is 0 Å². The fourth-order valence-corrected chi connectivity index (χ4v) is 2.94. The smallest absolute Gasteiger partial charge is 0.325 e. The summed E-state index contributed by atoms with van der Waals surface area (Å²) >= 11 is 3.54. The third-order valence-electron chi connectivity index (χ3n) is 3.80. The van der Waals surface area contributed by atoms with Crippen LogP contribution in [0, 0.1) is 0 Å². The molecule has 0 saturated carbocycles. The lowest BCUT2D eigenvalue weighted by atomic mass is 10.2. The Hall–Kier alpha value is -1.37. The molecule has 2 aromatic heterocycles. The number of hydrogen-bond donors (Lipinski definition) is 0. The van der Waals surface area contributed by atoms with Gasteiger partial charge >= 0.3 is 5.69 Å². The van der Waals surface area contributed by atoms with Crippen LogP contribution in [0.1, 0.15) is 39.5 Å². The number of alkyl halides is 1. The van der Waals surface area contributed by atoms with Gasteiger partial charge in [0.2, 0.25) is 0 Å². The molecule has 0 saturated heterocycles. The minimum absolute atomic E-state index is 0.230. The fraction of sp³-hybridized carbons (Fsp3) is 0.667. The first kappa shape index (κ1) is 17.0. The van der Waals surface area contributed by atoms with Gasteiger partial charge in [0.1, 0.15) is 0 Å². The van der Waals surface area contributed by atoms with Gasteiger partial charge in [0, 0.05) is 25.0 Å². The molecule has 2 aromatic rings. The largest absolute Gasteiger partial charge is 0.332 e. The summed E-state index contributed by atoms with van der Waals surface area (Å²) in [4.78, 5) is 29.6. The van der Waals surface area contributed by atoms with Crippen molar-refractivity contribution in [1.29, 1.82) is 0 Å². The van der Waals surface area contributed by atoms with Crippen LogP contribution in [0.15, 0.2) is 15.9 Å². The molecular formula is C15H23BrN4O2. The number of hydrogen-bond acceptors (Lipinski definition) is 3. The van der Waals surface area contributed by atoms with Crippen molar-refractivity contribution < 1.29 is 0 Å². The molecule has 2 heterocycles. The van der Waals surface area contributed by atoms with E-state index < -0.39 is 0 Å². The van der Waals surface area contributed by atoms with Crippen LogP contribution in [0.2, 0.25) is 0 Å². The number of aryl methyl sites for hydroxylation is 2. The standard InChI is InChI=1S/C15H23BrN4O2/c1-4-8-20-14(21)12-13(18(3)15(20)22)17-10-19(12)9-6-5-7-11(2)16/h10-11H,4-9H2,1-3H3. The van der Waals surface area contributed by atoms with E-state index in [-0.39, 0.29) is 11.2 Å². The minimum atomic E-state index is -0.294. The van der Waals surface area contributed by atoms with Gasteiger partial charge in [-0.1, -0.05) is 36.2 Å². The number of rotatable bonds is 7. The van der Waals surface area contributed by atoms with Gasteiger partial charge in [-0.25, -0.2) is 9.78 Å². The average Bonchev–Trinajstić information content (AvgIpc) is 2.90. The number of aromatic nitrogens is 4. The van der Waals surface area contributed by atoms with Gasteiger partial charge in [-0.2, -0.15) is 0 Å². The van der Waals surface area contributed by atoms with Crippen LogP contribution in [-0.2, 0) is 20.1 Å². The second-order valence-electron chi connectivity index (χ2n) is 5.69. The topological polar surface area (TPSA) is 61.8 Å². The minimum Gasteiger partial charge on any atom is -0.325 e. The van der Waals surface area contributed by atoms with Crippen LogP contribution < -0.4 is 11.2 Å². The zero-order chi connectivity index (χ0) is 16.3. The van der Waals surface area contributed by atoms with Crippen LogP contribution >= 0.6 is 15.9 Å². The van der Waals surface area contributed by atoms with Gasteiger partial charge in [0.25, 0.3) is 5.56 Å². The van der Waals surface area contributed by atoms with E-state index in [9.17, 15) is 9.59 Å². The fourth-order valence-electron chi connectivity index (χ4n) is 2.62. The monoisotopic (exact) mass is 370 g/mol. The quantitative estimate of drug-likeness (QED) is 0.554. The number of unbranched alkanes of at least 4 members (excludes halogenated alkanes) is 1. The maximum absolute atomic E-state index is 12.6. The molecule has 122 valence electrons. The van der Waals surface area contributed by atoms with Crippen molar-refractivity contribution in [1.82, 2.24) is 18.7 Å². The number of fused-ring (bicyclic) bond motifs is 1. The molecule has 0 radical (unpaired) electrons. The highest BCUT2D eigenvalue weighted by Crippen LogP contribution is 2.11. The summed E-state index contributed by atoms with van der Waals surface area (Å²) in [5.41, 5.74) is 0.475. The van der Waals surface area contributed by atoms with E-state index in [2.05, 4.69) is 27.8 Å². The SMILES string of the molecule is CCCn1c(=O)c2c(ncn2CCCCC(C)Br)n(C)c1=O. The van der Waals surface area contributed by atoms with Crippen LogP contribution in [-0.4, -0.2) is 23.5 Å². The predicted molar refractivity (Wildman–Crippen MR) is 91.8 cm³/mol. The Balaban J connectivity index is 2.37. The lowest BCUT2D eigenvalue weighted by Gasteiger charge is -2.09. The molecule has 0 aliphatic rings. The lowest BCUT2D eigenvalue weighted by molar-refractivity contribution is 0.577. The molecule has 0 spiro atoms. The van der Waals surface area contributed by atoms with Gasteiger partial charge in [-0.05, 0) is 19.3 Å². The van der Waals surface area contributed by atoms with Crippen LogP contribution in [0.3, 0.4) is 0 Å². The molecule has 1 unspecified atom stereocenters. The van der Waals surface area contributed by atoms with Gasteiger partial charge in [-0.15, -0.1) is 0 Å². The molecule has 2 rings (SSSR count). The lowest BCUT2D eigenvalue weighted by Crippen LogP contribution is -2.39. The average molecular weight is 371 g/mol. The summed E-state index contributed by atoms with van der Waals surface area (Å²) in [5.74, 6) is 0. The van der Waals surface area contributed by atoms with Gasteiger partial charge in [-0.3, -0.25) is 13.9 Å². The Labute approximate surface area is 137 Å². The van der Waals surface area contributed by atoms with Gasteiger partial charge < -0.3 is 4.57 Å². The molecule has 0 N–H and O–H groups in total. The predicted octanol–water partition coefficient (Wildman–Crippen LogP) is 2.26. The maximum atomic E-state index is 12.6. The van der Waals surface area contributed by atoms with E-state index in [0.29, 0.717) is 22.5 Å². The molecule has 0 aliphatic carbocycles. The molecule has 22 heavy (non-hydrogen) atoms. The van der Waals surface area contributed by atoms with Crippen molar-refractivity contribution >= 4 is 27.1 Å². The molecule has 6 nitrogen and oxygen atoms in total. The molecule has 0 bridgehead atoms. The van der Waals surface area contributed by atoms with E-state index in [1.807, 2.05) is 11.5 Å². The van der Waals surface area contributed by atoms with Crippen molar-refractivity contribution in [3.63, 3.8) is 0 Å². The molecule has 0 aliphatic heterocycles. The summed E-state index contributed by atoms with van der Waals surface area (Å²) < 4.78 is 4.65. The molecule has 0 amide bonds. The third kappa shape index (κ3) is 3.34. The highest BCUT2D eigenvalue weighted by Gasteiger charge is 2.15. The van der Waals surface area contributed by atoms with Crippen molar-refractivity contribution in [2.45, 2.75) is 57.4 Å².